The average molecular weight is 471 g/mol. The monoisotopic (exact) mass is 470 g/mol. The fraction of sp³-hybridized carbons (Fsp3) is 0.292. The number of carbonyl (C=O) groups is 2. The highest BCUT2D eigenvalue weighted by Gasteiger charge is 2.12. The Hall–Kier alpha value is -3.43. The predicted molar refractivity (Wildman–Crippen MR) is 127 cm³/mol. The van der Waals surface area contributed by atoms with E-state index in [1.54, 1.807) is 58.6 Å². The standard InChI is InChI=1S/C24H26N2O6S/c1-5-32-23(28)17-8-9-18-21(15-17)33-24(26(18)12-13-29-2)25-22(27)11-7-16-6-10-19(30-3)20(14-16)31-4/h6-11,14-15H,5,12-13H2,1-4H3/b11-7-,25-24?. The Balaban J connectivity index is 1.94. The number of esters is 1. The lowest BCUT2D eigenvalue weighted by atomic mass is 10.2. The first-order valence-corrected chi connectivity index (χ1v) is 11.1. The number of benzene rings is 2. The van der Waals surface area contributed by atoms with Crippen LogP contribution in [0, 0.1) is 0 Å². The molecule has 2 aromatic carbocycles. The zero-order valence-electron chi connectivity index (χ0n) is 19.0. The molecule has 0 spiro atoms. The van der Waals surface area contributed by atoms with Gasteiger partial charge in [0, 0.05) is 19.7 Å². The highest BCUT2D eigenvalue weighted by atomic mass is 32.1. The summed E-state index contributed by atoms with van der Waals surface area (Å²) in [6.07, 6.45) is 3.07. The third-order valence-corrected chi connectivity index (χ3v) is 5.79. The van der Waals surface area contributed by atoms with E-state index in [9.17, 15) is 9.59 Å². The molecule has 0 fully saturated rings. The van der Waals surface area contributed by atoms with Gasteiger partial charge in [-0.25, -0.2) is 4.79 Å². The number of thiazole rings is 1. The van der Waals surface area contributed by atoms with Crippen LogP contribution in [0.25, 0.3) is 16.3 Å². The largest absolute Gasteiger partial charge is 0.493 e. The molecule has 0 radical (unpaired) electrons. The second-order valence-corrected chi connectivity index (χ2v) is 7.84. The number of ether oxygens (including phenoxy) is 4. The Morgan fingerprint density at radius 3 is 2.55 bits per heavy atom. The Morgan fingerprint density at radius 2 is 1.85 bits per heavy atom. The third kappa shape index (κ3) is 5.88. The maximum Gasteiger partial charge on any atom is 0.338 e. The van der Waals surface area contributed by atoms with Crippen LogP contribution in [-0.4, -0.2) is 51.0 Å². The van der Waals surface area contributed by atoms with E-state index in [0.29, 0.717) is 41.6 Å². The van der Waals surface area contributed by atoms with Gasteiger partial charge in [-0.15, -0.1) is 0 Å². The Morgan fingerprint density at radius 1 is 1.06 bits per heavy atom. The number of nitrogens with zero attached hydrogens (tertiary/aromatic N) is 2. The molecule has 0 atom stereocenters. The van der Waals surface area contributed by atoms with E-state index in [4.69, 9.17) is 18.9 Å². The summed E-state index contributed by atoms with van der Waals surface area (Å²) in [4.78, 5) is 29.5. The summed E-state index contributed by atoms with van der Waals surface area (Å²) >= 11 is 1.33. The molecule has 0 N–H and O–H groups in total. The molecular weight excluding hydrogens is 444 g/mol. The van der Waals surface area contributed by atoms with Gasteiger partial charge in [-0.2, -0.15) is 4.99 Å². The van der Waals surface area contributed by atoms with Crippen molar-refractivity contribution >= 4 is 39.5 Å². The van der Waals surface area contributed by atoms with Crippen molar-refractivity contribution in [2.24, 2.45) is 4.99 Å². The number of amides is 1. The molecule has 3 aromatic rings. The molecule has 1 heterocycles. The van der Waals surface area contributed by atoms with Crippen molar-refractivity contribution in [1.82, 2.24) is 4.57 Å². The summed E-state index contributed by atoms with van der Waals surface area (Å²) in [7, 11) is 4.73. The molecule has 8 nitrogen and oxygen atoms in total. The lowest BCUT2D eigenvalue weighted by Crippen LogP contribution is -2.19. The van der Waals surface area contributed by atoms with Crippen LogP contribution in [0.5, 0.6) is 11.5 Å². The van der Waals surface area contributed by atoms with Crippen LogP contribution in [0.2, 0.25) is 0 Å². The summed E-state index contributed by atoms with van der Waals surface area (Å²) in [5, 5.41) is 0. The van der Waals surface area contributed by atoms with Gasteiger partial charge in [0.1, 0.15) is 0 Å². The Labute approximate surface area is 195 Å². The SMILES string of the molecule is CCOC(=O)c1ccc2c(c1)sc(=NC(=O)/C=C\c1ccc(OC)c(OC)c1)n2CCOC. The molecule has 9 heteroatoms. The molecule has 0 saturated heterocycles. The van der Waals surface area contributed by atoms with Crippen LogP contribution < -0.4 is 14.3 Å². The minimum Gasteiger partial charge on any atom is -0.493 e. The number of hydrogen-bond acceptors (Lipinski definition) is 7. The third-order valence-electron chi connectivity index (χ3n) is 4.74. The van der Waals surface area contributed by atoms with E-state index in [2.05, 4.69) is 4.99 Å². The number of hydrogen-bond donors (Lipinski definition) is 0. The number of carbonyl (C=O) groups excluding carboxylic acids is 2. The van der Waals surface area contributed by atoms with Crippen molar-refractivity contribution in [2.45, 2.75) is 13.5 Å². The summed E-state index contributed by atoms with van der Waals surface area (Å²) < 4.78 is 23.5. The van der Waals surface area contributed by atoms with Crippen molar-refractivity contribution in [2.75, 3.05) is 34.5 Å². The summed E-state index contributed by atoms with van der Waals surface area (Å²) in [5.74, 6) is 0.387. The van der Waals surface area contributed by atoms with Gasteiger partial charge >= 0.3 is 5.97 Å². The van der Waals surface area contributed by atoms with Crippen molar-refractivity contribution in [3.05, 3.63) is 58.4 Å². The number of methoxy groups -OCH3 is 3. The summed E-state index contributed by atoms with van der Waals surface area (Å²) in [5.41, 5.74) is 2.09. The fourth-order valence-corrected chi connectivity index (χ4v) is 4.25. The summed E-state index contributed by atoms with van der Waals surface area (Å²) in [6.45, 7) is 3.03. The number of rotatable bonds is 9. The lowest BCUT2D eigenvalue weighted by molar-refractivity contribution is -0.113. The van der Waals surface area contributed by atoms with Gasteiger partial charge in [-0.1, -0.05) is 17.4 Å². The van der Waals surface area contributed by atoms with Crippen LogP contribution >= 0.6 is 11.3 Å². The van der Waals surface area contributed by atoms with E-state index < -0.39 is 5.91 Å². The maximum absolute atomic E-state index is 12.6. The fourth-order valence-electron chi connectivity index (χ4n) is 3.15. The molecule has 33 heavy (non-hydrogen) atoms. The van der Waals surface area contributed by atoms with E-state index in [1.165, 1.54) is 17.4 Å². The van der Waals surface area contributed by atoms with E-state index in [0.717, 1.165) is 15.8 Å². The van der Waals surface area contributed by atoms with Crippen LogP contribution in [0.3, 0.4) is 0 Å². The number of fused-ring (bicyclic) bond motifs is 1. The van der Waals surface area contributed by atoms with Gasteiger partial charge in [0.25, 0.3) is 5.91 Å². The van der Waals surface area contributed by atoms with Gasteiger partial charge in [0.2, 0.25) is 0 Å². The van der Waals surface area contributed by atoms with Gasteiger partial charge in [0.15, 0.2) is 16.3 Å². The van der Waals surface area contributed by atoms with Crippen molar-refractivity contribution in [3.63, 3.8) is 0 Å². The zero-order chi connectivity index (χ0) is 23.8. The highest BCUT2D eigenvalue weighted by molar-refractivity contribution is 7.16. The van der Waals surface area contributed by atoms with Gasteiger partial charge < -0.3 is 23.5 Å². The molecule has 0 aliphatic heterocycles. The van der Waals surface area contributed by atoms with Crippen LogP contribution in [0.4, 0.5) is 0 Å². The second kappa shape index (κ2) is 11.4. The molecule has 1 aromatic heterocycles. The molecule has 174 valence electrons. The predicted octanol–water partition coefficient (Wildman–Crippen LogP) is 3.68. The van der Waals surface area contributed by atoms with Crippen LogP contribution in [-0.2, 0) is 20.8 Å². The summed E-state index contributed by atoms with van der Waals surface area (Å²) in [6, 6.07) is 10.7. The van der Waals surface area contributed by atoms with Crippen molar-refractivity contribution in [3.8, 4) is 11.5 Å². The minimum atomic E-state index is -0.409. The first kappa shape index (κ1) is 24.2. The minimum absolute atomic E-state index is 0.302. The molecule has 0 unspecified atom stereocenters. The molecule has 0 aliphatic carbocycles. The molecule has 0 saturated carbocycles. The van der Waals surface area contributed by atoms with E-state index in [-0.39, 0.29) is 5.97 Å². The van der Waals surface area contributed by atoms with Crippen molar-refractivity contribution in [1.29, 1.82) is 0 Å². The maximum atomic E-state index is 12.6. The zero-order valence-corrected chi connectivity index (χ0v) is 19.8. The molecule has 0 bridgehead atoms. The number of aromatic nitrogens is 1. The molecule has 0 aliphatic rings. The molecule has 1 amide bonds. The lowest BCUT2D eigenvalue weighted by Gasteiger charge is -2.07. The normalized spacial score (nSPS) is 11.8. The Kier molecular flexibility index (Phi) is 8.39. The second-order valence-electron chi connectivity index (χ2n) is 6.83. The first-order chi connectivity index (χ1) is 16.0. The highest BCUT2D eigenvalue weighted by Crippen LogP contribution is 2.28. The molecule has 3 rings (SSSR count). The van der Waals surface area contributed by atoms with Gasteiger partial charge in [-0.3, -0.25) is 4.79 Å². The Bertz CT molecular complexity index is 1240. The smallest absolute Gasteiger partial charge is 0.338 e. The van der Waals surface area contributed by atoms with E-state index in [1.807, 2.05) is 16.7 Å². The quantitative estimate of drug-likeness (QED) is 0.350. The van der Waals surface area contributed by atoms with Gasteiger partial charge in [0.05, 0.1) is 43.2 Å². The molecular formula is C24H26N2O6S. The first-order valence-electron chi connectivity index (χ1n) is 10.3. The van der Waals surface area contributed by atoms with Crippen LogP contribution in [0.1, 0.15) is 22.8 Å². The van der Waals surface area contributed by atoms with Gasteiger partial charge in [-0.05, 0) is 48.9 Å². The van der Waals surface area contributed by atoms with Crippen LogP contribution in [0.15, 0.2) is 47.5 Å². The van der Waals surface area contributed by atoms with Crippen molar-refractivity contribution < 1.29 is 28.5 Å². The van der Waals surface area contributed by atoms with E-state index >= 15 is 0 Å². The average Bonchev–Trinajstić information content (AvgIpc) is 3.17. The topological polar surface area (TPSA) is 88.4 Å².